The number of nitrogens with two attached hydrogens (primary N) is 1. The Bertz CT molecular complexity index is 1080. The molecule has 0 bridgehead atoms. The molecule has 15 heteroatoms. The number of nitrogens with zero attached hydrogens (tertiary/aromatic N) is 4. The number of anilines is 1. The van der Waals surface area contributed by atoms with E-state index in [1.54, 1.807) is 0 Å². The number of carbonyl (C=O) groups is 2. The first-order valence-electron chi connectivity index (χ1n) is 11.5. The second-order valence-electron chi connectivity index (χ2n) is 10.2. The second-order valence-corrected chi connectivity index (χ2v) is 11.2. The molecule has 0 aliphatic carbocycles. The van der Waals surface area contributed by atoms with Crippen molar-refractivity contribution < 1.29 is 27.8 Å². The maximum atomic E-state index is 13.6. The van der Waals surface area contributed by atoms with Crippen molar-refractivity contribution in [3.8, 4) is 0 Å². The molecule has 0 fully saturated rings. The standard InChI is InChI=1S/C12H17ClFN3O2.C8H17NO2.C4HCl2FN2/c1-12(2,3)8(5-9(18)19-4)16-10-7(14)6-15-11(13)17-10;1-8(2,3)6(9)5-7(10)11-4;5-3-2(7)1-8-4(6)9-3/h6,8H,5H2,1-4H3,(H,15,16,17);6H,5,9H2,1-4H3;1H. The predicted molar refractivity (Wildman–Crippen MR) is 147 cm³/mol. The van der Waals surface area contributed by atoms with Crippen LogP contribution in [0.2, 0.25) is 15.7 Å². The minimum absolute atomic E-state index is 0.0242. The topological polar surface area (TPSA) is 142 Å². The molecule has 0 saturated heterocycles. The molecule has 0 saturated carbocycles. The van der Waals surface area contributed by atoms with Crippen LogP contribution in [-0.4, -0.2) is 58.2 Å². The van der Waals surface area contributed by atoms with Crippen LogP contribution in [0, 0.1) is 22.5 Å². The molecule has 3 N–H and O–H groups in total. The fraction of sp³-hybridized carbons (Fsp3) is 0.583. The summed E-state index contributed by atoms with van der Waals surface area (Å²) in [6.07, 6.45) is 2.29. The molecule has 2 unspecified atom stereocenters. The van der Waals surface area contributed by atoms with Gasteiger partial charge in [0, 0.05) is 12.1 Å². The van der Waals surface area contributed by atoms with Gasteiger partial charge >= 0.3 is 11.9 Å². The van der Waals surface area contributed by atoms with Crippen LogP contribution in [0.5, 0.6) is 0 Å². The van der Waals surface area contributed by atoms with Crippen molar-refractivity contribution >= 4 is 52.6 Å². The first kappa shape index (κ1) is 36.6. The van der Waals surface area contributed by atoms with Gasteiger partial charge in [0.05, 0.1) is 39.5 Å². The number of esters is 2. The molecule has 0 radical (unpaired) electrons. The van der Waals surface area contributed by atoms with Crippen LogP contribution in [0.25, 0.3) is 0 Å². The van der Waals surface area contributed by atoms with Crippen LogP contribution in [0.3, 0.4) is 0 Å². The lowest BCUT2D eigenvalue weighted by molar-refractivity contribution is -0.142. The number of methoxy groups -OCH3 is 2. The SMILES string of the molecule is COC(=O)CC(N)C(C)(C)C.COC(=O)CC(Nc1nc(Cl)ncc1F)C(C)(C)C.Fc1cnc(Cl)nc1Cl. The zero-order chi connectivity index (χ0) is 30.6. The molecule has 0 amide bonds. The van der Waals surface area contributed by atoms with Crippen LogP contribution >= 0.6 is 34.8 Å². The number of aromatic nitrogens is 4. The molecule has 10 nitrogen and oxygen atoms in total. The van der Waals surface area contributed by atoms with E-state index in [1.807, 2.05) is 41.5 Å². The van der Waals surface area contributed by atoms with Gasteiger partial charge in [-0.3, -0.25) is 9.59 Å². The highest BCUT2D eigenvalue weighted by Gasteiger charge is 2.28. The van der Waals surface area contributed by atoms with Gasteiger partial charge in [-0.05, 0) is 34.0 Å². The van der Waals surface area contributed by atoms with E-state index in [2.05, 4.69) is 34.7 Å². The Morgan fingerprint density at radius 1 is 0.872 bits per heavy atom. The first-order valence-corrected chi connectivity index (χ1v) is 12.6. The third kappa shape index (κ3) is 15.1. The Balaban J connectivity index is 0.000000611. The summed E-state index contributed by atoms with van der Waals surface area (Å²) >= 11 is 16.1. The third-order valence-electron chi connectivity index (χ3n) is 5.07. The molecule has 0 aliphatic heterocycles. The number of hydrogen-bond acceptors (Lipinski definition) is 10. The number of nitrogens with one attached hydrogen (secondary N) is 1. The fourth-order valence-electron chi connectivity index (χ4n) is 2.33. The Labute approximate surface area is 242 Å². The number of hydrogen-bond donors (Lipinski definition) is 2. The Morgan fingerprint density at radius 2 is 1.33 bits per heavy atom. The van der Waals surface area contributed by atoms with Crippen molar-refractivity contribution in [2.75, 3.05) is 19.5 Å². The Hall–Kier alpha value is -2.41. The summed E-state index contributed by atoms with van der Waals surface area (Å²) < 4.78 is 34.9. The van der Waals surface area contributed by atoms with Gasteiger partial charge in [-0.25, -0.2) is 23.7 Å². The molecule has 0 aliphatic rings. The third-order valence-corrected chi connectivity index (χ3v) is 5.70. The highest BCUT2D eigenvalue weighted by atomic mass is 35.5. The molecule has 2 heterocycles. The normalized spacial score (nSPS) is 12.6. The summed E-state index contributed by atoms with van der Waals surface area (Å²) in [5.74, 6) is -1.94. The van der Waals surface area contributed by atoms with Crippen LogP contribution in [-0.2, 0) is 19.1 Å². The molecule has 220 valence electrons. The van der Waals surface area contributed by atoms with Gasteiger partial charge in [0.25, 0.3) is 0 Å². The second kappa shape index (κ2) is 16.6. The van der Waals surface area contributed by atoms with Crippen molar-refractivity contribution in [1.29, 1.82) is 0 Å². The molecule has 2 aromatic rings. The monoisotopic (exact) mass is 614 g/mol. The highest BCUT2D eigenvalue weighted by Crippen LogP contribution is 2.26. The lowest BCUT2D eigenvalue weighted by atomic mass is 9.84. The zero-order valence-electron chi connectivity index (χ0n) is 23.1. The van der Waals surface area contributed by atoms with Crippen molar-refractivity contribution in [2.45, 2.75) is 66.5 Å². The maximum absolute atomic E-state index is 13.6. The minimum atomic E-state index is -0.666. The minimum Gasteiger partial charge on any atom is -0.469 e. The van der Waals surface area contributed by atoms with Crippen molar-refractivity contribution in [2.24, 2.45) is 16.6 Å². The van der Waals surface area contributed by atoms with Gasteiger partial charge in [-0.2, -0.15) is 4.98 Å². The van der Waals surface area contributed by atoms with Gasteiger partial charge in [0.15, 0.2) is 22.6 Å². The van der Waals surface area contributed by atoms with Crippen molar-refractivity contribution in [3.05, 3.63) is 39.7 Å². The van der Waals surface area contributed by atoms with E-state index in [-0.39, 0.29) is 62.8 Å². The average molecular weight is 616 g/mol. The number of ether oxygens (including phenoxy) is 2. The van der Waals surface area contributed by atoms with Gasteiger partial charge < -0.3 is 20.5 Å². The predicted octanol–water partition coefficient (Wildman–Crippen LogP) is 5.50. The van der Waals surface area contributed by atoms with E-state index in [0.29, 0.717) is 6.42 Å². The summed E-state index contributed by atoms with van der Waals surface area (Å²) in [4.78, 5) is 36.1. The average Bonchev–Trinajstić information content (AvgIpc) is 2.82. The van der Waals surface area contributed by atoms with Crippen LogP contribution in [0.4, 0.5) is 14.6 Å². The summed E-state index contributed by atoms with van der Waals surface area (Å²) in [6.45, 7) is 11.8. The number of rotatable bonds is 6. The molecular weight excluding hydrogens is 581 g/mol. The van der Waals surface area contributed by atoms with Crippen LogP contribution in [0.15, 0.2) is 12.4 Å². The van der Waals surface area contributed by atoms with E-state index in [1.165, 1.54) is 14.2 Å². The van der Waals surface area contributed by atoms with Gasteiger partial charge in [-0.15, -0.1) is 0 Å². The number of carbonyl (C=O) groups excluding carboxylic acids is 2. The lowest BCUT2D eigenvalue weighted by Gasteiger charge is -2.31. The van der Waals surface area contributed by atoms with Crippen molar-refractivity contribution in [1.82, 2.24) is 19.9 Å². The molecular formula is C24H35Cl3F2N6O4. The highest BCUT2D eigenvalue weighted by molar-refractivity contribution is 6.31. The lowest BCUT2D eigenvalue weighted by Crippen LogP contribution is -2.37. The van der Waals surface area contributed by atoms with E-state index in [4.69, 9.17) is 40.5 Å². The smallest absolute Gasteiger partial charge is 0.307 e. The largest absolute Gasteiger partial charge is 0.469 e. The van der Waals surface area contributed by atoms with E-state index >= 15 is 0 Å². The summed E-state index contributed by atoms with van der Waals surface area (Å²) in [7, 11) is 2.68. The molecule has 0 aromatic carbocycles. The summed E-state index contributed by atoms with van der Waals surface area (Å²) in [5, 5.41) is 2.51. The molecule has 2 aromatic heterocycles. The zero-order valence-corrected chi connectivity index (χ0v) is 25.4. The van der Waals surface area contributed by atoms with Crippen LogP contribution in [0.1, 0.15) is 54.4 Å². The summed E-state index contributed by atoms with van der Waals surface area (Å²) in [5.41, 5.74) is 5.40. The van der Waals surface area contributed by atoms with Crippen LogP contribution < -0.4 is 11.1 Å². The van der Waals surface area contributed by atoms with Gasteiger partial charge in [0.2, 0.25) is 10.6 Å². The van der Waals surface area contributed by atoms with Gasteiger partial charge in [0.1, 0.15) is 0 Å². The fourth-order valence-corrected chi connectivity index (χ4v) is 2.77. The number of halogens is 5. The van der Waals surface area contributed by atoms with Crippen molar-refractivity contribution in [3.63, 3.8) is 0 Å². The molecule has 2 rings (SSSR count). The molecule has 2 atom stereocenters. The van der Waals surface area contributed by atoms with E-state index in [0.717, 1.165) is 12.4 Å². The Kier molecular flexibility index (Phi) is 15.6. The summed E-state index contributed by atoms with van der Waals surface area (Å²) in [6, 6.07) is -0.477. The van der Waals surface area contributed by atoms with Gasteiger partial charge in [-0.1, -0.05) is 53.1 Å². The molecule has 39 heavy (non-hydrogen) atoms. The van der Waals surface area contributed by atoms with E-state index in [9.17, 15) is 18.4 Å². The Morgan fingerprint density at radius 3 is 1.74 bits per heavy atom. The van der Waals surface area contributed by atoms with E-state index < -0.39 is 11.6 Å². The first-order chi connectivity index (χ1) is 17.8. The molecule has 0 spiro atoms. The quantitative estimate of drug-likeness (QED) is 0.243. The maximum Gasteiger partial charge on any atom is 0.307 e.